The molecule has 1 saturated carbocycles. The number of aromatic nitrogens is 2. The van der Waals surface area contributed by atoms with Crippen molar-refractivity contribution < 1.29 is 4.79 Å². The Bertz CT molecular complexity index is 943. The molecule has 1 amide bonds. The van der Waals surface area contributed by atoms with Crippen molar-refractivity contribution >= 4 is 5.91 Å². The SMILES string of the molecule is N#CCC1(N2CCC(C[C@@H]3CC3c3ccccc3)CC2)CN(C(=O)c2cnccn2)C1. The van der Waals surface area contributed by atoms with E-state index in [1.165, 1.54) is 37.4 Å². The highest BCUT2D eigenvalue weighted by Crippen LogP contribution is 2.52. The second-order valence-electron chi connectivity index (χ2n) is 9.49. The first-order chi connectivity index (χ1) is 15.2. The van der Waals surface area contributed by atoms with E-state index < -0.39 is 0 Å². The van der Waals surface area contributed by atoms with E-state index in [2.05, 4.69) is 51.3 Å². The molecule has 6 heteroatoms. The van der Waals surface area contributed by atoms with Gasteiger partial charge in [0.2, 0.25) is 0 Å². The number of nitrogens with zero attached hydrogens (tertiary/aromatic N) is 5. The number of benzene rings is 1. The standard InChI is InChI=1S/C25H29N5O/c26-9-8-25(17-29(18-25)24(31)23-16-27-10-11-28-23)30-12-6-19(7-13-30)14-21-15-22(21)20-4-2-1-3-5-20/h1-5,10-11,16,19,21-22H,6-8,12-15,17-18H2/t21-,22?/m1/s1. The third-order valence-electron chi connectivity index (χ3n) is 7.52. The van der Waals surface area contributed by atoms with Gasteiger partial charge in [0.05, 0.1) is 24.2 Å². The fourth-order valence-electron chi connectivity index (χ4n) is 5.64. The van der Waals surface area contributed by atoms with Gasteiger partial charge < -0.3 is 4.90 Å². The Morgan fingerprint density at radius 1 is 1.16 bits per heavy atom. The summed E-state index contributed by atoms with van der Waals surface area (Å²) in [5, 5.41) is 9.45. The minimum Gasteiger partial charge on any atom is -0.333 e. The van der Waals surface area contributed by atoms with Crippen LogP contribution in [0.4, 0.5) is 0 Å². The average Bonchev–Trinajstić information content (AvgIpc) is 3.56. The van der Waals surface area contributed by atoms with Gasteiger partial charge in [-0.05, 0) is 62.1 Å². The first kappa shape index (κ1) is 20.1. The molecule has 0 radical (unpaired) electrons. The predicted octanol–water partition coefficient (Wildman–Crippen LogP) is 3.49. The molecule has 2 aromatic rings. The number of carbonyl (C=O) groups excluding carboxylic acids is 1. The Balaban J connectivity index is 1.13. The highest BCUT2D eigenvalue weighted by Gasteiger charge is 2.50. The fraction of sp³-hybridized carbons (Fsp3) is 0.520. The first-order valence-corrected chi connectivity index (χ1v) is 11.4. The Labute approximate surface area is 183 Å². The lowest BCUT2D eigenvalue weighted by atomic mass is 9.81. The minimum atomic E-state index is -0.191. The van der Waals surface area contributed by atoms with Gasteiger partial charge in [0.15, 0.2) is 0 Å². The number of hydrogen-bond acceptors (Lipinski definition) is 5. The Kier molecular flexibility index (Phi) is 5.45. The Morgan fingerprint density at radius 3 is 2.61 bits per heavy atom. The predicted molar refractivity (Wildman–Crippen MR) is 117 cm³/mol. The second-order valence-corrected chi connectivity index (χ2v) is 9.49. The zero-order chi connectivity index (χ0) is 21.3. The number of piperidine rings is 1. The molecule has 1 aromatic heterocycles. The maximum absolute atomic E-state index is 12.7. The van der Waals surface area contributed by atoms with Gasteiger partial charge in [-0.2, -0.15) is 5.26 Å². The lowest BCUT2D eigenvalue weighted by Gasteiger charge is -2.56. The van der Waals surface area contributed by atoms with E-state index in [4.69, 9.17) is 0 Å². The van der Waals surface area contributed by atoms with Gasteiger partial charge in [-0.25, -0.2) is 4.98 Å². The van der Waals surface area contributed by atoms with Crippen LogP contribution in [0.1, 0.15) is 54.1 Å². The van der Waals surface area contributed by atoms with Crippen molar-refractivity contribution in [2.75, 3.05) is 26.2 Å². The van der Waals surface area contributed by atoms with Crippen LogP contribution >= 0.6 is 0 Å². The summed E-state index contributed by atoms with van der Waals surface area (Å²) in [6.45, 7) is 3.28. The van der Waals surface area contributed by atoms with Crippen molar-refractivity contribution in [3.63, 3.8) is 0 Å². The summed E-state index contributed by atoms with van der Waals surface area (Å²) in [6, 6.07) is 13.3. The molecule has 1 aromatic carbocycles. The van der Waals surface area contributed by atoms with E-state index in [-0.39, 0.29) is 11.4 Å². The summed E-state index contributed by atoms with van der Waals surface area (Å²) in [4.78, 5) is 25.1. The molecule has 5 rings (SSSR count). The van der Waals surface area contributed by atoms with Crippen LogP contribution in [-0.4, -0.2) is 57.4 Å². The third kappa shape index (κ3) is 4.07. The highest BCUT2D eigenvalue weighted by atomic mass is 16.2. The van der Waals surface area contributed by atoms with E-state index >= 15 is 0 Å². The quantitative estimate of drug-likeness (QED) is 0.722. The van der Waals surface area contributed by atoms with Gasteiger partial charge in [0, 0.05) is 25.5 Å². The first-order valence-electron chi connectivity index (χ1n) is 11.4. The van der Waals surface area contributed by atoms with Crippen molar-refractivity contribution in [2.45, 2.75) is 43.6 Å². The molecular weight excluding hydrogens is 386 g/mol. The van der Waals surface area contributed by atoms with E-state index in [1.807, 2.05) is 4.90 Å². The normalized spacial score (nSPS) is 25.5. The van der Waals surface area contributed by atoms with Crippen molar-refractivity contribution in [1.82, 2.24) is 19.8 Å². The van der Waals surface area contributed by atoms with Crippen LogP contribution in [0.2, 0.25) is 0 Å². The molecule has 2 atom stereocenters. The van der Waals surface area contributed by atoms with Crippen LogP contribution in [0.25, 0.3) is 0 Å². The number of rotatable bonds is 6. The van der Waals surface area contributed by atoms with Gasteiger partial charge >= 0.3 is 0 Å². The van der Waals surface area contributed by atoms with Crippen LogP contribution in [0.15, 0.2) is 48.9 Å². The molecule has 2 saturated heterocycles. The Morgan fingerprint density at radius 2 is 1.94 bits per heavy atom. The van der Waals surface area contributed by atoms with Crippen LogP contribution in [0.5, 0.6) is 0 Å². The number of hydrogen-bond donors (Lipinski definition) is 0. The number of carbonyl (C=O) groups is 1. The lowest BCUT2D eigenvalue weighted by Crippen LogP contribution is -2.72. The van der Waals surface area contributed by atoms with Crippen molar-refractivity contribution in [3.8, 4) is 6.07 Å². The average molecular weight is 416 g/mol. The second kappa shape index (κ2) is 8.39. The number of nitriles is 1. The molecule has 0 spiro atoms. The molecule has 1 aliphatic carbocycles. The highest BCUT2D eigenvalue weighted by molar-refractivity contribution is 5.92. The largest absolute Gasteiger partial charge is 0.333 e. The van der Waals surface area contributed by atoms with Crippen LogP contribution in [-0.2, 0) is 0 Å². The van der Waals surface area contributed by atoms with E-state index in [0.29, 0.717) is 25.2 Å². The monoisotopic (exact) mass is 415 g/mol. The summed E-state index contributed by atoms with van der Waals surface area (Å²) in [5.74, 6) is 2.30. The van der Waals surface area contributed by atoms with Crippen LogP contribution in [0, 0.1) is 23.2 Å². The van der Waals surface area contributed by atoms with E-state index in [0.717, 1.165) is 30.8 Å². The molecule has 3 fully saturated rings. The third-order valence-corrected chi connectivity index (χ3v) is 7.52. The summed E-state index contributed by atoms with van der Waals surface area (Å²) in [6.07, 6.45) is 10.2. The molecule has 31 heavy (non-hydrogen) atoms. The van der Waals surface area contributed by atoms with E-state index in [1.54, 1.807) is 12.4 Å². The van der Waals surface area contributed by atoms with Gasteiger partial charge in [0.25, 0.3) is 5.91 Å². The summed E-state index contributed by atoms with van der Waals surface area (Å²) >= 11 is 0. The molecule has 1 unspecified atom stereocenters. The molecule has 0 N–H and O–H groups in total. The van der Waals surface area contributed by atoms with Crippen molar-refractivity contribution in [1.29, 1.82) is 5.26 Å². The minimum absolute atomic E-state index is 0.0859. The molecule has 6 nitrogen and oxygen atoms in total. The number of likely N-dealkylation sites (tertiary alicyclic amines) is 2. The molecule has 2 aliphatic heterocycles. The smallest absolute Gasteiger partial charge is 0.274 e. The fourth-order valence-corrected chi connectivity index (χ4v) is 5.64. The van der Waals surface area contributed by atoms with Crippen LogP contribution in [0.3, 0.4) is 0 Å². The summed E-state index contributed by atoms with van der Waals surface area (Å²) in [5.41, 5.74) is 1.69. The summed E-state index contributed by atoms with van der Waals surface area (Å²) in [7, 11) is 0. The van der Waals surface area contributed by atoms with Gasteiger partial charge in [0.1, 0.15) is 5.69 Å². The molecule has 0 bridgehead atoms. The van der Waals surface area contributed by atoms with Crippen molar-refractivity contribution in [3.05, 3.63) is 60.2 Å². The van der Waals surface area contributed by atoms with Gasteiger partial charge in [-0.3, -0.25) is 14.7 Å². The van der Waals surface area contributed by atoms with Crippen LogP contribution < -0.4 is 0 Å². The molecular formula is C25H29N5O. The van der Waals surface area contributed by atoms with Gasteiger partial charge in [-0.1, -0.05) is 30.3 Å². The van der Waals surface area contributed by atoms with Gasteiger partial charge in [-0.15, -0.1) is 0 Å². The maximum atomic E-state index is 12.7. The zero-order valence-corrected chi connectivity index (χ0v) is 17.9. The number of amides is 1. The molecule has 160 valence electrons. The summed E-state index contributed by atoms with van der Waals surface area (Å²) < 4.78 is 0. The van der Waals surface area contributed by atoms with E-state index in [9.17, 15) is 10.1 Å². The maximum Gasteiger partial charge on any atom is 0.274 e. The Hall–Kier alpha value is -2.78. The zero-order valence-electron chi connectivity index (χ0n) is 17.9. The molecule has 3 heterocycles. The topological polar surface area (TPSA) is 73.1 Å². The molecule has 3 aliphatic rings. The van der Waals surface area contributed by atoms with Crippen molar-refractivity contribution in [2.24, 2.45) is 11.8 Å². The lowest BCUT2D eigenvalue weighted by molar-refractivity contribution is -0.0532.